The molecule has 1 aliphatic rings. The molecule has 1 saturated heterocycles. The van der Waals surface area contributed by atoms with Crippen molar-refractivity contribution in [2.45, 2.75) is 13.0 Å². The number of rotatable bonds is 6. The van der Waals surface area contributed by atoms with Gasteiger partial charge in [0.1, 0.15) is 5.82 Å². The van der Waals surface area contributed by atoms with Crippen LogP contribution in [-0.4, -0.2) is 44.8 Å². The molecule has 1 unspecified atom stereocenters. The van der Waals surface area contributed by atoms with Crippen LogP contribution < -0.4 is 14.8 Å². The quantitative estimate of drug-likeness (QED) is 0.872. The first-order chi connectivity index (χ1) is 12.2. The van der Waals surface area contributed by atoms with Crippen LogP contribution in [0.15, 0.2) is 42.5 Å². The summed E-state index contributed by atoms with van der Waals surface area (Å²) in [6, 6.07) is 12.8. The average Bonchev–Trinajstić information content (AvgIpc) is 2.64. The molecule has 0 aliphatic carbocycles. The van der Waals surface area contributed by atoms with E-state index in [-0.39, 0.29) is 11.9 Å². The summed E-state index contributed by atoms with van der Waals surface area (Å²) in [7, 11) is 1.64. The highest BCUT2D eigenvalue weighted by Crippen LogP contribution is 2.35. The topological polar surface area (TPSA) is 33.7 Å². The highest BCUT2D eigenvalue weighted by Gasteiger charge is 2.25. The Hall–Kier alpha value is -2.11. The predicted molar refractivity (Wildman–Crippen MR) is 96.8 cm³/mol. The molecule has 5 heteroatoms. The zero-order chi connectivity index (χ0) is 17.6. The van der Waals surface area contributed by atoms with Gasteiger partial charge in [0.2, 0.25) is 0 Å². The Balaban J connectivity index is 2.01. The van der Waals surface area contributed by atoms with Gasteiger partial charge >= 0.3 is 0 Å². The van der Waals surface area contributed by atoms with E-state index in [1.807, 2.05) is 31.2 Å². The maximum absolute atomic E-state index is 13.8. The molecule has 0 aromatic heterocycles. The number of halogens is 1. The second kappa shape index (κ2) is 8.32. The molecule has 0 saturated carbocycles. The molecule has 134 valence electrons. The standard InChI is InChI=1S/C20H25FN2O2/c1-3-25-18-8-7-16(14-19(18)24-2)20(23-11-9-22-10-12-23)15-5-4-6-17(21)13-15/h4-8,13-14,20,22H,3,9-12H2,1-2H3. The van der Waals surface area contributed by atoms with E-state index in [2.05, 4.69) is 10.2 Å². The van der Waals surface area contributed by atoms with E-state index in [0.29, 0.717) is 12.4 Å². The monoisotopic (exact) mass is 344 g/mol. The molecule has 1 atom stereocenters. The Kier molecular flexibility index (Phi) is 5.89. The third-order valence-corrected chi connectivity index (χ3v) is 4.48. The Morgan fingerprint density at radius 1 is 1.08 bits per heavy atom. The van der Waals surface area contributed by atoms with E-state index in [9.17, 15) is 4.39 Å². The number of methoxy groups -OCH3 is 1. The molecule has 1 fully saturated rings. The minimum Gasteiger partial charge on any atom is -0.493 e. The van der Waals surface area contributed by atoms with Gasteiger partial charge < -0.3 is 14.8 Å². The third kappa shape index (κ3) is 4.11. The number of hydrogen-bond acceptors (Lipinski definition) is 4. The number of piperazine rings is 1. The van der Waals surface area contributed by atoms with Crippen LogP contribution in [0, 0.1) is 5.82 Å². The van der Waals surface area contributed by atoms with Crippen molar-refractivity contribution in [3.05, 3.63) is 59.4 Å². The van der Waals surface area contributed by atoms with E-state index in [0.717, 1.165) is 43.1 Å². The highest BCUT2D eigenvalue weighted by atomic mass is 19.1. The maximum Gasteiger partial charge on any atom is 0.161 e. The Bertz CT molecular complexity index is 702. The van der Waals surface area contributed by atoms with Crippen molar-refractivity contribution < 1.29 is 13.9 Å². The smallest absolute Gasteiger partial charge is 0.161 e. The van der Waals surface area contributed by atoms with Gasteiger partial charge in [-0.05, 0) is 42.3 Å². The molecule has 0 spiro atoms. The highest BCUT2D eigenvalue weighted by molar-refractivity contribution is 5.46. The van der Waals surface area contributed by atoms with Crippen molar-refractivity contribution in [3.63, 3.8) is 0 Å². The predicted octanol–water partition coefficient (Wildman–Crippen LogP) is 3.23. The van der Waals surface area contributed by atoms with E-state index in [4.69, 9.17) is 9.47 Å². The third-order valence-electron chi connectivity index (χ3n) is 4.48. The summed E-state index contributed by atoms with van der Waals surface area (Å²) < 4.78 is 25.0. The molecule has 0 amide bonds. The summed E-state index contributed by atoms with van der Waals surface area (Å²) in [4.78, 5) is 2.38. The molecule has 1 N–H and O–H groups in total. The Morgan fingerprint density at radius 2 is 1.84 bits per heavy atom. The molecule has 2 aromatic carbocycles. The molecular formula is C20H25FN2O2. The van der Waals surface area contributed by atoms with Gasteiger partial charge in [-0.3, -0.25) is 4.90 Å². The molecule has 2 aromatic rings. The van der Waals surface area contributed by atoms with Crippen molar-refractivity contribution >= 4 is 0 Å². The van der Waals surface area contributed by atoms with E-state index in [1.54, 1.807) is 19.2 Å². The van der Waals surface area contributed by atoms with Crippen molar-refractivity contribution in [3.8, 4) is 11.5 Å². The molecular weight excluding hydrogens is 319 g/mol. The van der Waals surface area contributed by atoms with Crippen LogP contribution in [0.1, 0.15) is 24.1 Å². The zero-order valence-electron chi connectivity index (χ0n) is 14.8. The fourth-order valence-corrected chi connectivity index (χ4v) is 3.36. The number of benzene rings is 2. The summed E-state index contributed by atoms with van der Waals surface area (Å²) in [6.07, 6.45) is 0. The number of nitrogens with one attached hydrogen (secondary N) is 1. The first-order valence-electron chi connectivity index (χ1n) is 8.74. The van der Waals surface area contributed by atoms with Crippen molar-refractivity contribution in [1.29, 1.82) is 0 Å². The van der Waals surface area contributed by atoms with Crippen molar-refractivity contribution in [1.82, 2.24) is 10.2 Å². The molecule has 3 rings (SSSR count). The van der Waals surface area contributed by atoms with Gasteiger partial charge in [0, 0.05) is 26.2 Å². The lowest BCUT2D eigenvalue weighted by Gasteiger charge is -2.35. The first-order valence-corrected chi connectivity index (χ1v) is 8.74. The first kappa shape index (κ1) is 17.7. The minimum absolute atomic E-state index is 0.0117. The van der Waals surface area contributed by atoms with Gasteiger partial charge in [-0.25, -0.2) is 4.39 Å². The summed E-state index contributed by atoms with van der Waals surface area (Å²) in [5, 5.41) is 3.37. The van der Waals surface area contributed by atoms with Crippen LogP contribution in [0.25, 0.3) is 0 Å². The Labute approximate surface area is 148 Å². The van der Waals surface area contributed by atoms with Crippen LogP contribution in [0.2, 0.25) is 0 Å². The largest absolute Gasteiger partial charge is 0.493 e. The molecule has 1 heterocycles. The lowest BCUT2D eigenvalue weighted by Crippen LogP contribution is -2.45. The SMILES string of the molecule is CCOc1ccc(C(c2cccc(F)c2)N2CCNCC2)cc1OC. The van der Waals surface area contributed by atoms with Gasteiger partial charge in [-0.1, -0.05) is 18.2 Å². The molecule has 25 heavy (non-hydrogen) atoms. The van der Waals surface area contributed by atoms with Crippen LogP contribution >= 0.6 is 0 Å². The summed E-state index contributed by atoms with van der Waals surface area (Å²) in [5.41, 5.74) is 2.03. The lowest BCUT2D eigenvalue weighted by molar-refractivity contribution is 0.197. The zero-order valence-corrected chi connectivity index (χ0v) is 14.8. The van der Waals surface area contributed by atoms with Gasteiger partial charge in [0.15, 0.2) is 11.5 Å². The molecule has 0 bridgehead atoms. The molecule has 1 aliphatic heterocycles. The van der Waals surface area contributed by atoms with Gasteiger partial charge in [0.25, 0.3) is 0 Å². The summed E-state index contributed by atoms with van der Waals surface area (Å²) in [6.45, 7) is 6.22. The number of nitrogens with zero attached hydrogens (tertiary/aromatic N) is 1. The van der Waals surface area contributed by atoms with E-state index < -0.39 is 0 Å². The second-order valence-electron chi connectivity index (χ2n) is 6.09. The van der Waals surface area contributed by atoms with Crippen LogP contribution in [0.3, 0.4) is 0 Å². The van der Waals surface area contributed by atoms with Gasteiger partial charge in [0.05, 0.1) is 19.8 Å². The van der Waals surface area contributed by atoms with E-state index >= 15 is 0 Å². The van der Waals surface area contributed by atoms with Crippen LogP contribution in [0.5, 0.6) is 11.5 Å². The number of hydrogen-bond donors (Lipinski definition) is 1. The fourth-order valence-electron chi connectivity index (χ4n) is 3.36. The normalized spacial score (nSPS) is 16.4. The number of ether oxygens (including phenoxy) is 2. The van der Waals surface area contributed by atoms with Crippen LogP contribution in [0.4, 0.5) is 4.39 Å². The van der Waals surface area contributed by atoms with Crippen LogP contribution in [-0.2, 0) is 0 Å². The fraction of sp³-hybridized carbons (Fsp3) is 0.400. The molecule has 4 nitrogen and oxygen atoms in total. The average molecular weight is 344 g/mol. The minimum atomic E-state index is -0.212. The van der Waals surface area contributed by atoms with E-state index in [1.165, 1.54) is 6.07 Å². The Morgan fingerprint density at radius 3 is 2.52 bits per heavy atom. The van der Waals surface area contributed by atoms with Gasteiger partial charge in [-0.15, -0.1) is 0 Å². The second-order valence-corrected chi connectivity index (χ2v) is 6.09. The van der Waals surface area contributed by atoms with Crippen molar-refractivity contribution in [2.24, 2.45) is 0 Å². The lowest BCUT2D eigenvalue weighted by atomic mass is 9.96. The summed E-state index contributed by atoms with van der Waals surface area (Å²) in [5.74, 6) is 1.22. The van der Waals surface area contributed by atoms with Crippen molar-refractivity contribution in [2.75, 3.05) is 39.9 Å². The summed E-state index contributed by atoms with van der Waals surface area (Å²) >= 11 is 0. The maximum atomic E-state index is 13.8. The molecule has 0 radical (unpaired) electrons. The van der Waals surface area contributed by atoms with Gasteiger partial charge in [-0.2, -0.15) is 0 Å².